The van der Waals surface area contributed by atoms with E-state index >= 15 is 0 Å². The van der Waals surface area contributed by atoms with Crippen molar-refractivity contribution in [1.29, 1.82) is 0 Å². The Morgan fingerprint density at radius 3 is 2.73 bits per heavy atom. The lowest BCUT2D eigenvalue weighted by Crippen LogP contribution is -2.56. The van der Waals surface area contributed by atoms with Crippen LogP contribution in [0.15, 0.2) is 24.3 Å². The van der Waals surface area contributed by atoms with Gasteiger partial charge in [0.05, 0.1) is 25.3 Å². The number of carbonyl (C=O) groups excluding carboxylic acids is 1. The summed E-state index contributed by atoms with van der Waals surface area (Å²) >= 11 is 0. The number of fused-ring (bicyclic) bond motifs is 3. The molecule has 22 heavy (non-hydrogen) atoms. The Hall–Kier alpha value is -2.01. The quantitative estimate of drug-likeness (QED) is 0.786. The fraction of sp³-hybridized carbons (Fsp3) is 0.471. The minimum absolute atomic E-state index is 0.0793. The molecule has 3 heterocycles. The number of rotatable bonds is 2. The molecule has 5 heteroatoms. The van der Waals surface area contributed by atoms with Crippen LogP contribution in [0.4, 0.5) is 0 Å². The fourth-order valence-corrected chi connectivity index (χ4v) is 3.46. The van der Waals surface area contributed by atoms with Crippen molar-refractivity contribution in [2.24, 2.45) is 0 Å². The van der Waals surface area contributed by atoms with E-state index < -0.39 is 0 Å². The van der Waals surface area contributed by atoms with Crippen LogP contribution in [-0.2, 0) is 9.53 Å². The number of morpholine rings is 1. The van der Waals surface area contributed by atoms with Crippen LogP contribution in [0.2, 0.25) is 0 Å². The molecular formula is C17H19NO4. The third-order valence-electron chi connectivity index (χ3n) is 4.55. The molecule has 0 spiro atoms. The Bertz CT molecular complexity index is 591. The van der Waals surface area contributed by atoms with Crippen LogP contribution < -0.4 is 9.47 Å². The summed E-state index contributed by atoms with van der Waals surface area (Å²) < 4.78 is 16.2. The summed E-state index contributed by atoms with van der Waals surface area (Å²) in [7, 11) is 0. The zero-order valence-electron chi connectivity index (χ0n) is 12.4. The smallest absolute Gasteiger partial charge is 0.247 e. The Labute approximate surface area is 129 Å². The van der Waals surface area contributed by atoms with Crippen LogP contribution in [0.5, 0.6) is 11.5 Å². The number of amides is 1. The molecular weight excluding hydrogens is 282 g/mol. The summed E-state index contributed by atoms with van der Waals surface area (Å²) in [5, 5.41) is 0. The molecule has 1 aromatic carbocycles. The van der Waals surface area contributed by atoms with Gasteiger partial charge in [0.25, 0.3) is 0 Å². The van der Waals surface area contributed by atoms with Gasteiger partial charge in [0.2, 0.25) is 12.7 Å². The molecule has 2 atom stereocenters. The van der Waals surface area contributed by atoms with Crippen molar-refractivity contribution in [2.75, 3.05) is 20.0 Å². The number of hydrogen-bond donors (Lipinski definition) is 0. The van der Waals surface area contributed by atoms with Gasteiger partial charge in [0.1, 0.15) is 0 Å². The molecule has 116 valence electrons. The first-order valence-corrected chi connectivity index (χ1v) is 7.79. The molecule has 0 unspecified atom stereocenters. The Morgan fingerprint density at radius 2 is 1.91 bits per heavy atom. The van der Waals surface area contributed by atoms with E-state index in [1.807, 2.05) is 29.2 Å². The van der Waals surface area contributed by atoms with Crippen LogP contribution in [-0.4, -0.2) is 42.9 Å². The number of nitrogens with zero attached hydrogens (tertiary/aromatic N) is 1. The van der Waals surface area contributed by atoms with E-state index in [1.165, 1.54) is 6.42 Å². The maximum Gasteiger partial charge on any atom is 0.247 e. The maximum absolute atomic E-state index is 12.5. The van der Waals surface area contributed by atoms with Gasteiger partial charge in [0, 0.05) is 6.08 Å². The highest BCUT2D eigenvalue weighted by atomic mass is 16.7. The first-order chi connectivity index (χ1) is 10.8. The van der Waals surface area contributed by atoms with Gasteiger partial charge in [0.15, 0.2) is 11.5 Å². The third-order valence-corrected chi connectivity index (χ3v) is 4.55. The lowest BCUT2D eigenvalue weighted by atomic mass is 9.94. The molecule has 2 fully saturated rings. The summed E-state index contributed by atoms with van der Waals surface area (Å²) in [6.45, 7) is 1.60. The molecule has 1 aromatic rings. The number of ether oxygens (including phenoxy) is 3. The van der Waals surface area contributed by atoms with E-state index in [4.69, 9.17) is 14.2 Å². The molecule has 0 aliphatic carbocycles. The first-order valence-electron chi connectivity index (χ1n) is 7.79. The molecule has 2 bridgehead atoms. The fourth-order valence-electron chi connectivity index (χ4n) is 3.46. The molecule has 0 N–H and O–H groups in total. The van der Waals surface area contributed by atoms with Crippen molar-refractivity contribution in [3.8, 4) is 11.5 Å². The second-order valence-corrected chi connectivity index (χ2v) is 5.97. The van der Waals surface area contributed by atoms with Gasteiger partial charge in [-0.2, -0.15) is 0 Å². The second-order valence-electron chi connectivity index (χ2n) is 5.97. The van der Waals surface area contributed by atoms with Crippen LogP contribution in [0, 0.1) is 0 Å². The molecule has 3 aliphatic heterocycles. The van der Waals surface area contributed by atoms with Crippen molar-refractivity contribution in [2.45, 2.75) is 31.3 Å². The first kappa shape index (κ1) is 13.6. The van der Waals surface area contributed by atoms with Gasteiger partial charge in [-0.05, 0) is 43.0 Å². The number of piperidine rings is 1. The van der Waals surface area contributed by atoms with E-state index in [2.05, 4.69) is 0 Å². The van der Waals surface area contributed by atoms with Crippen LogP contribution in [0.3, 0.4) is 0 Å². The Balaban J connectivity index is 1.49. The average molecular weight is 301 g/mol. The monoisotopic (exact) mass is 301 g/mol. The van der Waals surface area contributed by atoms with Crippen molar-refractivity contribution in [3.63, 3.8) is 0 Å². The molecule has 0 radical (unpaired) electrons. The summed E-state index contributed by atoms with van der Waals surface area (Å²) in [6.07, 6.45) is 6.78. The Morgan fingerprint density at radius 1 is 1.14 bits per heavy atom. The van der Waals surface area contributed by atoms with Crippen molar-refractivity contribution < 1.29 is 19.0 Å². The lowest BCUT2D eigenvalue weighted by Gasteiger charge is -2.45. The largest absolute Gasteiger partial charge is 0.454 e. The molecule has 3 aliphatic rings. The van der Waals surface area contributed by atoms with E-state index in [-0.39, 0.29) is 24.8 Å². The van der Waals surface area contributed by atoms with Crippen molar-refractivity contribution in [1.82, 2.24) is 4.90 Å². The second kappa shape index (κ2) is 5.65. The minimum Gasteiger partial charge on any atom is -0.454 e. The predicted octanol–water partition coefficient (Wildman–Crippen LogP) is 2.21. The zero-order valence-corrected chi connectivity index (χ0v) is 12.4. The van der Waals surface area contributed by atoms with Gasteiger partial charge >= 0.3 is 0 Å². The maximum atomic E-state index is 12.5. The van der Waals surface area contributed by atoms with Crippen LogP contribution >= 0.6 is 0 Å². The molecule has 1 amide bonds. The highest BCUT2D eigenvalue weighted by molar-refractivity contribution is 5.92. The predicted molar refractivity (Wildman–Crippen MR) is 80.7 cm³/mol. The Kier molecular flexibility index (Phi) is 3.50. The molecule has 5 nitrogen and oxygen atoms in total. The van der Waals surface area contributed by atoms with Crippen molar-refractivity contribution in [3.05, 3.63) is 29.8 Å². The van der Waals surface area contributed by atoms with E-state index in [9.17, 15) is 4.79 Å². The highest BCUT2D eigenvalue weighted by Crippen LogP contribution is 2.33. The van der Waals surface area contributed by atoms with Gasteiger partial charge in [-0.15, -0.1) is 0 Å². The van der Waals surface area contributed by atoms with Crippen molar-refractivity contribution >= 4 is 12.0 Å². The number of carbonyl (C=O) groups is 1. The normalized spacial score (nSPS) is 26.5. The van der Waals surface area contributed by atoms with Gasteiger partial charge in [-0.1, -0.05) is 6.07 Å². The van der Waals surface area contributed by atoms with Gasteiger partial charge in [-0.25, -0.2) is 0 Å². The minimum atomic E-state index is 0.0793. The summed E-state index contributed by atoms with van der Waals surface area (Å²) in [6, 6.07) is 6.17. The highest BCUT2D eigenvalue weighted by Gasteiger charge is 2.36. The van der Waals surface area contributed by atoms with E-state index in [0.717, 1.165) is 29.9 Å². The summed E-state index contributed by atoms with van der Waals surface area (Å²) in [5.41, 5.74) is 0.941. The standard InChI is InChI=1S/C17H19NO4/c19-17(18-13-2-1-3-14(18)10-20-9-13)7-5-12-4-6-15-16(8-12)22-11-21-15/h4-8,13-14H,1-3,9-11H2/b7-5+/t13-,14-/m0/s1. The lowest BCUT2D eigenvalue weighted by molar-refractivity contribution is -0.145. The number of benzene rings is 1. The number of hydrogen-bond acceptors (Lipinski definition) is 4. The topological polar surface area (TPSA) is 48.0 Å². The third kappa shape index (κ3) is 2.46. The zero-order chi connectivity index (χ0) is 14.9. The summed E-state index contributed by atoms with van der Waals surface area (Å²) in [4.78, 5) is 14.6. The molecule has 0 saturated carbocycles. The molecule has 4 rings (SSSR count). The van der Waals surface area contributed by atoms with Gasteiger partial charge in [-0.3, -0.25) is 4.79 Å². The molecule has 2 saturated heterocycles. The SMILES string of the molecule is O=C(/C=C/c1ccc2c(c1)OCO2)N1[C@H]2CCC[C@H]1COC2. The van der Waals surface area contributed by atoms with Crippen LogP contribution in [0.1, 0.15) is 24.8 Å². The van der Waals surface area contributed by atoms with Gasteiger partial charge < -0.3 is 19.1 Å². The summed E-state index contributed by atoms with van der Waals surface area (Å²) in [5.74, 6) is 1.57. The van der Waals surface area contributed by atoms with E-state index in [0.29, 0.717) is 13.2 Å². The van der Waals surface area contributed by atoms with E-state index in [1.54, 1.807) is 6.08 Å². The average Bonchev–Trinajstić information content (AvgIpc) is 2.99. The molecule has 0 aromatic heterocycles. The van der Waals surface area contributed by atoms with Crippen LogP contribution in [0.25, 0.3) is 6.08 Å².